The van der Waals surface area contributed by atoms with Gasteiger partial charge in [0.05, 0.1) is 0 Å². The van der Waals surface area contributed by atoms with Crippen LogP contribution in [0, 0.1) is 20.8 Å². The van der Waals surface area contributed by atoms with Crippen LogP contribution in [0.4, 0.5) is 0 Å². The van der Waals surface area contributed by atoms with Crippen LogP contribution in [0.2, 0.25) is 0 Å². The number of carbonyl (C=O) groups is 1. The number of carboxylic acid groups (broad SMARTS) is 1. The van der Waals surface area contributed by atoms with E-state index >= 15 is 0 Å². The van der Waals surface area contributed by atoms with E-state index in [4.69, 9.17) is 0 Å². The van der Waals surface area contributed by atoms with Crippen LogP contribution in [-0.4, -0.2) is 36.1 Å². The fourth-order valence-electron chi connectivity index (χ4n) is 2.22. The first-order valence-corrected chi connectivity index (χ1v) is 5.79. The van der Waals surface area contributed by atoms with E-state index < -0.39 is 12.0 Å². The summed E-state index contributed by atoms with van der Waals surface area (Å²) in [5, 5.41) is 9.20. The Bertz CT molecular complexity index is 401. The summed E-state index contributed by atoms with van der Waals surface area (Å²) >= 11 is 0. The normalized spacial score (nSPS) is 12.8. The molecule has 17 heavy (non-hydrogen) atoms. The van der Waals surface area contributed by atoms with Gasteiger partial charge >= 0.3 is 5.97 Å². The Morgan fingerprint density at radius 2 is 1.71 bits per heavy atom. The number of rotatable bonds is 4. The lowest BCUT2D eigenvalue weighted by molar-refractivity contribution is -0.142. The molecular formula is C14H21NO2. The van der Waals surface area contributed by atoms with Crippen molar-refractivity contribution in [2.24, 2.45) is 0 Å². The van der Waals surface area contributed by atoms with Crippen LogP contribution in [0.1, 0.15) is 22.3 Å². The summed E-state index contributed by atoms with van der Waals surface area (Å²) in [6.45, 7) is 6.15. The summed E-state index contributed by atoms with van der Waals surface area (Å²) in [4.78, 5) is 12.9. The lowest BCUT2D eigenvalue weighted by atomic mass is 9.94. The molecule has 3 nitrogen and oxygen atoms in total. The molecule has 94 valence electrons. The minimum Gasteiger partial charge on any atom is -0.480 e. The molecule has 0 bridgehead atoms. The predicted octanol–water partition coefficient (Wildman–Crippen LogP) is 2.17. The van der Waals surface area contributed by atoms with Crippen LogP contribution < -0.4 is 0 Å². The highest BCUT2D eigenvalue weighted by Crippen LogP contribution is 2.19. The van der Waals surface area contributed by atoms with Gasteiger partial charge in [-0.1, -0.05) is 17.7 Å². The number of benzene rings is 1. The molecule has 0 saturated heterocycles. The first-order valence-electron chi connectivity index (χ1n) is 5.79. The highest BCUT2D eigenvalue weighted by Gasteiger charge is 2.21. The Morgan fingerprint density at radius 1 is 1.24 bits per heavy atom. The van der Waals surface area contributed by atoms with Gasteiger partial charge in [0.25, 0.3) is 0 Å². The van der Waals surface area contributed by atoms with Crippen molar-refractivity contribution in [2.75, 3.05) is 14.1 Å². The summed E-state index contributed by atoms with van der Waals surface area (Å²) in [5.41, 5.74) is 4.73. The van der Waals surface area contributed by atoms with E-state index in [-0.39, 0.29) is 0 Å². The second-order valence-electron chi connectivity index (χ2n) is 4.90. The molecule has 0 unspecified atom stereocenters. The van der Waals surface area contributed by atoms with E-state index in [0.29, 0.717) is 6.42 Å². The first kappa shape index (κ1) is 13.7. The third kappa shape index (κ3) is 3.30. The summed E-state index contributed by atoms with van der Waals surface area (Å²) in [7, 11) is 3.61. The number of likely N-dealkylation sites (N-methyl/N-ethyl adjacent to an activating group) is 1. The molecule has 0 aliphatic heterocycles. The standard InChI is InChI=1S/C14H21NO2/c1-9-6-10(2)12(11(3)7-9)8-13(14(16)17)15(4)5/h6-7,13H,8H2,1-5H3,(H,16,17)/t13-/m0/s1. The van der Waals surface area contributed by atoms with Gasteiger partial charge < -0.3 is 5.11 Å². The van der Waals surface area contributed by atoms with E-state index in [0.717, 1.165) is 5.56 Å². The van der Waals surface area contributed by atoms with Gasteiger partial charge in [0.1, 0.15) is 6.04 Å². The number of hydrogen-bond acceptors (Lipinski definition) is 2. The number of hydrogen-bond donors (Lipinski definition) is 1. The van der Waals surface area contributed by atoms with E-state index in [1.165, 1.54) is 16.7 Å². The Balaban J connectivity index is 3.05. The lowest BCUT2D eigenvalue weighted by Crippen LogP contribution is -2.37. The van der Waals surface area contributed by atoms with E-state index in [1.807, 2.05) is 13.8 Å². The Labute approximate surface area is 103 Å². The van der Waals surface area contributed by atoms with Crippen molar-refractivity contribution in [1.29, 1.82) is 0 Å². The van der Waals surface area contributed by atoms with E-state index in [2.05, 4.69) is 19.1 Å². The Kier molecular flexibility index (Phi) is 4.29. The highest BCUT2D eigenvalue weighted by molar-refractivity contribution is 5.74. The largest absolute Gasteiger partial charge is 0.480 e. The molecule has 0 aromatic heterocycles. The molecule has 0 saturated carbocycles. The predicted molar refractivity (Wildman–Crippen MR) is 69.5 cm³/mol. The van der Waals surface area contributed by atoms with Crippen molar-refractivity contribution in [3.63, 3.8) is 0 Å². The average molecular weight is 235 g/mol. The molecule has 1 aromatic carbocycles. The van der Waals surface area contributed by atoms with Gasteiger partial charge in [-0.15, -0.1) is 0 Å². The quantitative estimate of drug-likeness (QED) is 0.869. The molecule has 0 aliphatic rings. The third-order valence-electron chi connectivity index (χ3n) is 3.15. The van der Waals surface area contributed by atoms with Crippen molar-refractivity contribution in [3.8, 4) is 0 Å². The SMILES string of the molecule is Cc1cc(C)c(C[C@@H](C(=O)O)N(C)C)c(C)c1. The number of nitrogens with zero attached hydrogens (tertiary/aromatic N) is 1. The monoisotopic (exact) mass is 235 g/mol. The lowest BCUT2D eigenvalue weighted by Gasteiger charge is -2.22. The first-order chi connectivity index (χ1) is 7.82. The fraction of sp³-hybridized carbons (Fsp3) is 0.500. The molecule has 1 N–H and O–H groups in total. The second kappa shape index (κ2) is 5.32. The van der Waals surface area contributed by atoms with Crippen molar-refractivity contribution < 1.29 is 9.90 Å². The molecule has 0 amide bonds. The van der Waals surface area contributed by atoms with E-state index in [9.17, 15) is 9.90 Å². The zero-order chi connectivity index (χ0) is 13.2. The third-order valence-corrected chi connectivity index (χ3v) is 3.15. The average Bonchev–Trinajstić information content (AvgIpc) is 2.14. The maximum atomic E-state index is 11.2. The summed E-state index contributed by atoms with van der Waals surface area (Å²) in [5.74, 6) is -0.769. The van der Waals surface area contributed by atoms with Crippen LogP contribution in [-0.2, 0) is 11.2 Å². The van der Waals surface area contributed by atoms with Gasteiger partial charge in [-0.2, -0.15) is 0 Å². The Morgan fingerprint density at radius 3 is 2.06 bits per heavy atom. The van der Waals surface area contributed by atoms with Crippen molar-refractivity contribution in [2.45, 2.75) is 33.2 Å². The molecule has 1 rings (SSSR count). The van der Waals surface area contributed by atoms with Gasteiger partial charge in [0, 0.05) is 0 Å². The van der Waals surface area contributed by atoms with E-state index in [1.54, 1.807) is 19.0 Å². The molecule has 0 aliphatic carbocycles. The van der Waals surface area contributed by atoms with Crippen molar-refractivity contribution in [1.82, 2.24) is 4.90 Å². The molecule has 3 heteroatoms. The van der Waals surface area contributed by atoms with Crippen molar-refractivity contribution >= 4 is 5.97 Å². The van der Waals surface area contributed by atoms with Gasteiger partial charge in [0.15, 0.2) is 0 Å². The molecule has 1 atom stereocenters. The molecule has 0 spiro atoms. The number of carboxylic acids is 1. The smallest absolute Gasteiger partial charge is 0.321 e. The van der Waals surface area contributed by atoms with Crippen molar-refractivity contribution in [3.05, 3.63) is 34.4 Å². The molecule has 1 aromatic rings. The van der Waals surface area contributed by atoms with Gasteiger partial charge in [-0.3, -0.25) is 9.69 Å². The van der Waals surface area contributed by atoms with Gasteiger partial charge in [-0.25, -0.2) is 0 Å². The van der Waals surface area contributed by atoms with Crippen LogP contribution in [0.5, 0.6) is 0 Å². The Hall–Kier alpha value is -1.35. The number of aryl methyl sites for hydroxylation is 3. The summed E-state index contributed by atoms with van der Waals surface area (Å²) in [6, 6.07) is 3.75. The number of aliphatic carboxylic acids is 1. The fourth-order valence-corrected chi connectivity index (χ4v) is 2.22. The maximum absolute atomic E-state index is 11.2. The zero-order valence-electron chi connectivity index (χ0n) is 11.2. The topological polar surface area (TPSA) is 40.5 Å². The molecule has 0 heterocycles. The second-order valence-corrected chi connectivity index (χ2v) is 4.90. The summed E-state index contributed by atoms with van der Waals surface area (Å²) in [6.07, 6.45) is 0.556. The van der Waals surface area contributed by atoms with Crippen LogP contribution in [0.25, 0.3) is 0 Å². The zero-order valence-corrected chi connectivity index (χ0v) is 11.2. The molecule has 0 fully saturated rings. The molecular weight excluding hydrogens is 214 g/mol. The minimum absolute atomic E-state index is 0.463. The van der Waals surface area contributed by atoms with Crippen LogP contribution >= 0.6 is 0 Å². The summed E-state index contributed by atoms with van der Waals surface area (Å²) < 4.78 is 0. The highest BCUT2D eigenvalue weighted by atomic mass is 16.4. The molecule has 0 radical (unpaired) electrons. The van der Waals surface area contributed by atoms with Crippen LogP contribution in [0.15, 0.2) is 12.1 Å². The van der Waals surface area contributed by atoms with Gasteiger partial charge in [-0.05, 0) is 58.0 Å². The maximum Gasteiger partial charge on any atom is 0.321 e. The van der Waals surface area contributed by atoms with Crippen LogP contribution in [0.3, 0.4) is 0 Å². The van der Waals surface area contributed by atoms with Gasteiger partial charge in [0.2, 0.25) is 0 Å². The minimum atomic E-state index is -0.769.